The summed E-state index contributed by atoms with van der Waals surface area (Å²) in [6.07, 6.45) is 0.101. The minimum absolute atomic E-state index is 0.482. The van der Waals surface area contributed by atoms with Gasteiger partial charge in [0.25, 0.3) is 0 Å². The molecule has 4 N–H and O–H groups in total. The summed E-state index contributed by atoms with van der Waals surface area (Å²) in [6.45, 7) is 1.99. The van der Waals surface area contributed by atoms with Crippen molar-refractivity contribution in [3.63, 3.8) is 0 Å². The van der Waals surface area contributed by atoms with Crippen LogP contribution in [0.4, 0.5) is 5.69 Å². The molecule has 2 rings (SSSR count). The Hall–Kier alpha value is -1.26. The highest BCUT2D eigenvalue weighted by atomic mass is 16.5. The molecule has 0 radical (unpaired) electrons. The number of aliphatic hydroxyl groups is 1. The van der Waals surface area contributed by atoms with Crippen molar-refractivity contribution in [2.75, 3.05) is 25.0 Å². The van der Waals surface area contributed by atoms with E-state index < -0.39 is 6.10 Å². The van der Waals surface area contributed by atoms with Gasteiger partial charge in [0.1, 0.15) is 12.4 Å². The Balaban J connectivity index is 2.20. The summed E-state index contributed by atoms with van der Waals surface area (Å²) in [6, 6.07) is 5.69. The van der Waals surface area contributed by atoms with Gasteiger partial charge in [0.05, 0.1) is 11.8 Å². The molecule has 4 heteroatoms. The van der Waals surface area contributed by atoms with E-state index in [0.717, 1.165) is 23.5 Å². The van der Waals surface area contributed by atoms with Crippen molar-refractivity contribution in [3.05, 3.63) is 23.8 Å². The summed E-state index contributed by atoms with van der Waals surface area (Å²) in [5.74, 6) is 0.852. The summed E-state index contributed by atoms with van der Waals surface area (Å²) in [7, 11) is 0. The zero-order valence-corrected chi connectivity index (χ0v) is 8.57. The monoisotopic (exact) mass is 208 g/mol. The topological polar surface area (TPSA) is 67.5 Å². The van der Waals surface area contributed by atoms with Crippen LogP contribution < -0.4 is 15.8 Å². The second-order valence-electron chi connectivity index (χ2n) is 3.62. The van der Waals surface area contributed by atoms with Crippen LogP contribution in [0.3, 0.4) is 0 Å². The van der Waals surface area contributed by atoms with Gasteiger partial charge in [-0.3, -0.25) is 0 Å². The summed E-state index contributed by atoms with van der Waals surface area (Å²) in [4.78, 5) is 0. The molecule has 1 aromatic carbocycles. The van der Waals surface area contributed by atoms with E-state index in [4.69, 9.17) is 10.5 Å². The van der Waals surface area contributed by atoms with Gasteiger partial charge in [-0.25, -0.2) is 0 Å². The molecule has 0 fully saturated rings. The fourth-order valence-electron chi connectivity index (χ4n) is 1.69. The largest absolute Gasteiger partial charge is 0.490 e. The van der Waals surface area contributed by atoms with Gasteiger partial charge >= 0.3 is 0 Å². The van der Waals surface area contributed by atoms with Crippen LogP contribution in [0.5, 0.6) is 5.75 Å². The van der Waals surface area contributed by atoms with Crippen molar-refractivity contribution in [3.8, 4) is 5.75 Å². The van der Waals surface area contributed by atoms with E-state index in [1.165, 1.54) is 0 Å². The highest BCUT2D eigenvalue weighted by Gasteiger charge is 2.13. The van der Waals surface area contributed by atoms with Crippen molar-refractivity contribution in [1.29, 1.82) is 0 Å². The molecule has 4 nitrogen and oxygen atoms in total. The quantitative estimate of drug-likeness (QED) is 0.689. The number of anilines is 1. The molecule has 1 heterocycles. The van der Waals surface area contributed by atoms with E-state index in [9.17, 15) is 5.11 Å². The first-order valence-electron chi connectivity index (χ1n) is 5.20. The molecule has 0 saturated carbocycles. The standard InChI is InChI=1S/C11H16N2O2/c12-4-3-10(14)8-1-2-11-9(7-8)13-5-6-15-11/h1-2,7,10,13-14H,3-6,12H2. The normalized spacial score (nSPS) is 16.1. The van der Waals surface area contributed by atoms with Gasteiger partial charge in [0, 0.05) is 6.54 Å². The SMILES string of the molecule is NCCC(O)c1ccc2c(c1)NCCO2. The van der Waals surface area contributed by atoms with Gasteiger partial charge in [-0.1, -0.05) is 6.07 Å². The Morgan fingerprint density at radius 3 is 3.20 bits per heavy atom. The number of benzene rings is 1. The molecule has 0 amide bonds. The zero-order valence-electron chi connectivity index (χ0n) is 8.57. The first-order chi connectivity index (χ1) is 7.31. The van der Waals surface area contributed by atoms with E-state index in [0.29, 0.717) is 19.6 Å². The van der Waals surface area contributed by atoms with Crippen LogP contribution in [0, 0.1) is 0 Å². The van der Waals surface area contributed by atoms with Gasteiger partial charge in [0.2, 0.25) is 0 Å². The second-order valence-corrected chi connectivity index (χ2v) is 3.62. The van der Waals surface area contributed by atoms with Gasteiger partial charge in [0.15, 0.2) is 0 Å². The molecule has 0 bridgehead atoms. The molecule has 15 heavy (non-hydrogen) atoms. The lowest BCUT2D eigenvalue weighted by atomic mass is 10.1. The molecule has 1 unspecified atom stereocenters. The van der Waals surface area contributed by atoms with Crippen LogP contribution in [0.25, 0.3) is 0 Å². The molecule has 82 valence electrons. The van der Waals surface area contributed by atoms with Crippen molar-refractivity contribution < 1.29 is 9.84 Å². The number of ether oxygens (including phenoxy) is 1. The van der Waals surface area contributed by atoms with Crippen LogP contribution in [0.1, 0.15) is 18.1 Å². The Labute approximate surface area is 89.0 Å². The third-order valence-electron chi connectivity index (χ3n) is 2.50. The van der Waals surface area contributed by atoms with Crippen molar-refractivity contribution >= 4 is 5.69 Å². The lowest BCUT2D eigenvalue weighted by Crippen LogP contribution is -2.18. The average molecular weight is 208 g/mol. The van der Waals surface area contributed by atoms with Crippen molar-refractivity contribution in [2.45, 2.75) is 12.5 Å². The zero-order chi connectivity index (χ0) is 10.7. The molecule has 0 aromatic heterocycles. The summed E-state index contributed by atoms with van der Waals surface area (Å²) < 4.78 is 5.45. The maximum Gasteiger partial charge on any atom is 0.142 e. The Morgan fingerprint density at radius 1 is 1.53 bits per heavy atom. The summed E-state index contributed by atoms with van der Waals surface area (Å²) >= 11 is 0. The minimum Gasteiger partial charge on any atom is -0.490 e. The molecule has 0 spiro atoms. The number of hydrogen-bond acceptors (Lipinski definition) is 4. The minimum atomic E-state index is -0.482. The van der Waals surface area contributed by atoms with Crippen LogP contribution in [-0.4, -0.2) is 24.8 Å². The van der Waals surface area contributed by atoms with Gasteiger partial charge in [-0.05, 0) is 30.7 Å². The van der Waals surface area contributed by atoms with Crippen molar-refractivity contribution in [1.82, 2.24) is 0 Å². The molecule has 0 saturated heterocycles. The summed E-state index contributed by atoms with van der Waals surface area (Å²) in [5, 5.41) is 13.0. The van der Waals surface area contributed by atoms with Gasteiger partial charge in [-0.2, -0.15) is 0 Å². The number of hydrogen-bond donors (Lipinski definition) is 3. The molecular formula is C11H16N2O2. The number of rotatable bonds is 3. The van der Waals surface area contributed by atoms with E-state index >= 15 is 0 Å². The van der Waals surface area contributed by atoms with Crippen LogP contribution in [-0.2, 0) is 0 Å². The Morgan fingerprint density at radius 2 is 2.40 bits per heavy atom. The molecule has 1 aliphatic rings. The highest BCUT2D eigenvalue weighted by molar-refractivity contribution is 5.59. The second kappa shape index (κ2) is 4.51. The number of nitrogens with two attached hydrogens (primary N) is 1. The average Bonchev–Trinajstić information content (AvgIpc) is 2.29. The van der Waals surface area contributed by atoms with E-state index in [-0.39, 0.29) is 0 Å². The fourth-order valence-corrected chi connectivity index (χ4v) is 1.69. The highest BCUT2D eigenvalue weighted by Crippen LogP contribution is 2.30. The Kier molecular flexibility index (Phi) is 3.08. The molecule has 1 aromatic rings. The molecule has 1 aliphatic heterocycles. The van der Waals surface area contributed by atoms with E-state index in [1.54, 1.807) is 0 Å². The first kappa shape index (κ1) is 10.3. The first-order valence-corrected chi connectivity index (χ1v) is 5.20. The summed E-state index contributed by atoms with van der Waals surface area (Å²) in [5.41, 5.74) is 7.24. The van der Waals surface area contributed by atoms with E-state index in [1.807, 2.05) is 18.2 Å². The predicted molar refractivity (Wildman–Crippen MR) is 59.1 cm³/mol. The van der Waals surface area contributed by atoms with Gasteiger partial charge < -0.3 is 20.9 Å². The van der Waals surface area contributed by atoms with E-state index in [2.05, 4.69) is 5.32 Å². The predicted octanol–water partition coefficient (Wildman–Crippen LogP) is 0.873. The maximum absolute atomic E-state index is 9.77. The third kappa shape index (κ3) is 2.22. The van der Waals surface area contributed by atoms with Gasteiger partial charge in [-0.15, -0.1) is 0 Å². The Bertz CT molecular complexity index is 341. The third-order valence-corrected chi connectivity index (χ3v) is 2.50. The lowest BCUT2D eigenvalue weighted by molar-refractivity contribution is 0.170. The fraction of sp³-hybridized carbons (Fsp3) is 0.455. The van der Waals surface area contributed by atoms with Crippen LogP contribution in [0.15, 0.2) is 18.2 Å². The smallest absolute Gasteiger partial charge is 0.142 e. The molecule has 1 atom stereocenters. The lowest BCUT2D eigenvalue weighted by Gasteiger charge is -2.20. The van der Waals surface area contributed by atoms with Crippen LogP contribution >= 0.6 is 0 Å². The number of aliphatic hydroxyl groups excluding tert-OH is 1. The maximum atomic E-state index is 9.77. The number of fused-ring (bicyclic) bond motifs is 1. The number of nitrogens with one attached hydrogen (secondary N) is 1. The van der Waals surface area contributed by atoms with Crippen LogP contribution in [0.2, 0.25) is 0 Å². The molecular weight excluding hydrogens is 192 g/mol. The molecule has 0 aliphatic carbocycles. The van der Waals surface area contributed by atoms with Crippen molar-refractivity contribution in [2.24, 2.45) is 5.73 Å².